The van der Waals surface area contributed by atoms with Gasteiger partial charge in [0.1, 0.15) is 30.8 Å². The van der Waals surface area contributed by atoms with Gasteiger partial charge in [-0.3, -0.25) is 9.59 Å². The van der Waals surface area contributed by atoms with Gasteiger partial charge >= 0.3 is 0 Å². The summed E-state index contributed by atoms with van der Waals surface area (Å²) in [5.74, 6) is -0.0768. The molecule has 8 heteroatoms. The van der Waals surface area contributed by atoms with Crippen LogP contribution in [-0.4, -0.2) is 61.1 Å². The van der Waals surface area contributed by atoms with Crippen molar-refractivity contribution in [3.63, 3.8) is 0 Å². The van der Waals surface area contributed by atoms with Crippen LogP contribution in [0, 0.1) is 0 Å². The zero-order chi connectivity index (χ0) is 22.7. The Bertz CT molecular complexity index is 1010. The van der Waals surface area contributed by atoms with Gasteiger partial charge in [0.2, 0.25) is 0 Å². The number of ketones is 1. The second kappa shape index (κ2) is 9.48. The molecular formula is C24H29N2O6+. The molecule has 3 heterocycles. The normalized spacial score (nSPS) is 19.7. The van der Waals surface area contributed by atoms with Crippen molar-refractivity contribution >= 4 is 17.4 Å². The number of furan rings is 1. The molecule has 2 aromatic rings. The summed E-state index contributed by atoms with van der Waals surface area (Å²) < 4.78 is 16.7. The van der Waals surface area contributed by atoms with Gasteiger partial charge in [0.15, 0.2) is 11.5 Å². The Morgan fingerprint density at radius 3 is 2.56 bits per heavy atom. The Hall–Kier alpha value is -3.26. The molecule has 0 bridgehead atoms. The highest BCUT2D eigenvalue weighted by molar-refractivity contribution is 6.46. The molecule has 0 radical (unpaired) electrons. The van der Waals surface area contributed by atoms with E-state index in [0.29, 0.717) is 42.6 Å². The van der Waals surface area contributed by atoms with Gasteiger partial charge in [0.05, 0.1) is 31.5 Å². The summed E-state index contributed by atoms with van der Waals surface area (Å²) in [6, 6.07) is 7.62. The number of hydrogen-bond donors (Lipinski definition) is 2. The van der Waals surface area contributed by atoms with Crippen molar-refractivity contribution in [3.05, 3.63) is 53.5 Å². The lowest BCUT2D eigenvalue weighted by Gasteiger charge is -2.24. The van der Waals surface area contributed by atoms with Gasteiger partial charge < -0.3 is 28.8 Å². The molecule has 4 rings (SSSR count). The first-order valence-electron chi connectivity index (χ1n) is 11.1. The van der Waals surface area contributed by atoms with E-state index in [1.54, 1.807) is 30.3 Å². The first-order chi connectivity index (χ1) is 15.5. The van der Waals surface area contributed by atoms with E-state index < -0.39 is 17.7 Å². The highest BCUT2D eigenvalue weighted by Crippen LogP contribution is 2.41. The van der Waals surface area contributed by atoms with Crippen LogP contribution in [0.4, 0.5) is 0 Å². The van der Waals surface area contributed by atoms with Gasteiger partial charge in [0.25, 0.3) is 11.7 Å². The van der Waals surface area contributed by atoms with E-state index in [1.165, 1.54) is 16.1 Å². The van der Waals surface area contributed by atoms with Gasteiger partial charge in [-0.15, -0.1) is 0 Å². The Morgan fingerprint density at radius 1 is 1.12 bits per heavy atom. The van der Waals surface area contributed by atoms with Crippen LogP contribution in [0.15, 0.2) is 46.6 Å². The van der Waals surface area contributed by atoms with E-state index in [2.05, 4.69) is 13.8 Å². The molecule has 0 spiro atoms. The molecule has 170 valence electrons. The van der Waals surface area contributed by atoms with Crippen LogP contribution >= 0.6 is 0 Å². The summed E-state index contributed by atoms with van der Waals surface area (Å²) in [5.41, 5.74) is 0.410. The third-order valence-corrected chi connectivity index (χ3v) is 6.10. The van der Waals surface area contributed by atoms with Crippen LogP contribution in [0.2, 0.25) is 0 Å². The fourth-order valence-corrected chi connectivity index (χ4v) is 4.30. The number of benzene rings is 1. The number of aliphatic hydroxyl groups is 1. The van der Waals surface area contributed by atoms with Crippen molar-refractivity contribution in [1.82, 2.24) is 4.90 Å². The van der Waals surface area contributed by atoms with Crippen LogP contribution in [0.3, 0.4) is 0 Å². The molecule has 0 aliphatic carbocycles. The topological polar surface area (TPSA) is 93.7 Å². The summed E-state index contributed by atoms with van der Waals surface area (Å²) in [7, 11) is 0. The van der Waals surface area contributed by atoms with Crippen molar-refractivity contribution in [2.75, 3.05) is 39.4 Å². The third kappa shape index (κ3) is 4.10. The van der Waals surface area contributed by atoms with E-state index in [0.717, 1.165) is 26.1 Å². The van der Waals surface area contributed by atoms with E-state index in [-0.39, 0.29) is 11.3 Å². The Labute approximate surface area is 187 Å². The number of rotatable bonds is 8. The number of aliphatic hydroxyl groups excluding tert-OH is 1. The fourth-order valence-electron chi connectivity index (χ4n) is 4.30. The van der Waals surface area contributed by atoms with Crippen molar-refractivity contribution in [1.29, 1.82) is 0 Å². The summed E-state index contributed by atoms with van der Waals surface area (Å²) in [6.45, 7) is 8.41. The molecular weight excluding hydrogens is 412 g/mol. The molecule has 0 saturated carbocycles. The first-order valence-corrected chi connectivity index (χ1v) is 11.1. The molecule has 32 heavy (non-hydrogen) atoms. The average Bonchev–Trinajstić information content (AvgIpc) is 3.43. The van der Waals surface area contributed by atoms with Gasteiger partial charge in [0, 0.05) is 18.5 Å². The molecule has 0 unspecified atom stereocenters. The van der Waals surface area contributed by atoms with E-state index in [9.17, 15) is 14.7 Å². The van der Waals surface area contributed by atoms with Gasteiger partial charge in [-0.1, -0.05) is 0 Å². The Balaban J connectivity index is 1.68. The molecule has 1 fully saturated rings. The lowest BCUT2D eigenvalue weighted by atomic mass is 9.99. The standard InChI is InChI=1S/C24H28N2O6/c1-3-25(4-2)10-6-11-26-21(18-7-5-12-30-18)20(23(28)24(26)29)22(27)16-8-9-17-19(15-16)32-14-13-31-17/h5,7-9,12,15,21,27H,3-4,6,10-11,13-14H2,1-2H3/p+1/b22-20-/t21-/m1/s1. The molecule has 1 aromatic heterocycles. The zero-order valence-electron chi connectivity index (χ0n) is 18.4. The number of carbonyl (C=O) groups is 2. The lowest BCUT2D eigenvalue weighted by molar-refractivity contribution is -0.896. The molecule has 1 atom stereocenters. The monoisotopic (exact) mass is 441 g/mol. The summed E-state index contributed by atoms with van der Waals surface area (Å²) >= 11 is 0. The predicted octanol–water partition coefficient (Wildman–Crippen LogP) is 1.79. The number of fused-ring (bicyclic) bond motifs is 1. The van der Waals surface area contributed by atoms with Crippen LogP contribution in [0.5, 0.6) is 11.5 Å². The zero-order valence-corrected chi connectivity index (χ0v) is 18.4. The molecule has 1 saturated heterocycles. The summed E-state index contributed by atoms with van der Waals surface area (Å²) in [4.78, 5) is 28.9. The van der Waals surface area contributed by atoms with Crippen LogP contribution in [0.25, 0.3) is 5.76 Å². The minimum Gasteiger partial charge on any atom is -0.507 e. The second-order valence-corrected chi connectivity index (χ2v) is 7.93. The number of amides is 1. The molecule has 2 N–H and O–H groups in total. The first kappa shape index (κ1) is 22.0. The third-order valence-electron chi connectivity index (χ3n) is 6.10. The van der Waals surface area contributed by atoms with Crippen molar-refractivity contribution in [2.24, 2.45) is 0 Å². The summed E-state index contributed by atoms with van der Waals surface area (Å²) in [6.07, 6.45) is 2.24. The number of nitrogens with one attached hydrogen (secondary N) is 1. The fraction of sp³-hybridized carbons (Fsp3) is 0.417. The van der Waals surface area contributed by atoms with Crippen LogP contribution in [0.1, 0.15) is 37.6 Å². The SMILES string of the molecule is CC[NH+](CC)CCCN1C(=O)C(=O)/C(=C(\O)c2ccc3c(c2)OCCO3)[C@H]1c1ccco1. The number of ether oxygens (including phenoxy) is 2. The van der Waals surface area contributed by atoms with Gasteiger partial charge in [-0.2, -0.15) is 0 Å². The Morgan fingerprint density at radius 2 is 1.88 bits per heavy atom. The van der Waals surface area contributed by atoms with Crippen LogP contribution in [-0.2, 0) is 9.59 Å². The van der Waals surface area contributed by atoms with Crippen molar-refractivity contribution in [3.8, 4) is 11.5 Å². The maximum absolute atomic E-state index is 13.0. The maximum atomic E-state index is 13.0. The maximum Gasteiger partial charge on any atom is 0.295 e. The highest BCUT2D eigenvalue weighted by Gasteiger charge is 2.47. The molecule has 1 amide bonds. The largest absolute Gasteiger partial charge is 0.507 e. The molecule has 2 aliphatic rings. The van der Waals surface area contributed by atoms with Gasteiger partial charge in [-0.25, -0.2) is 0 Å². The number of carbonyl (C=O) groups excluding carboxylic acids is 2. The Kier molecular flexibility index (Phi) is 6.50. The van der Waals surface area contributed by atoms with Gasteiger partial charge in [-0.05, 0) is 44.2 Å². The number of hydrogen-bond acceptors (Lipinski definition) is 6. The second-order valence-electron chi connectivity index (χ2n) is 7.93. The quantitative estimate of drug-likeness (QED) is 0.369. The van der Waals surface area contributed by atoms with E-state index in [1.807, 2.05) is 0 Å². The molecule has 8 nitrogen and oxygen atoms in total. The lowest BCUT2D eigenvalue weighted by Crippen LogP contribution is -3.11. The van der Waals surface area contributed by atoms with Crippen LogP contribution < -0.4 is 14.4 Å². The van der Waals surface area contributed by atoms with Crippen molar-refractivity contribution < 1.29 is 33.5 Å². The van der Waals surface area contributed by atoms with Crippen molar-refractivity contribution in [2.45, 2.75) is 26.3 Å². The number of quaternary nitrogens is 1. The number of nitrogens with zero attached hydrogens (tertiary/aromatic N) is 1. The average molecular weight is 442 g/mol. The van der Waals surface area contributed by atoms with E-state index >= 15 is 0 Å². The minimum atomic E-state index is -0.773. The highest BCUT2D eigenvalue weighted by atomic mass is 16.6. The smallest absolute Gasteiger partial charge is 0.295 e. The number of Topliss-reactive ketones (excluding diaryl/α,β-unsaturated/α-hetero) is 1. The molecule has 2 aliphatic heterocycles. The van der Waals surface area contributed by atoms with E-state index in [4.69, 9.17) is 13.9 Å². The minimum absolute atomic E-state index is 0.0248. The predicted molar refractivity (Wildman–Crippen MR) is 117 cm³/mol. The molecule has 1 aromatic carbocycles. The summed E-state index contributed by atoms with van der Waals surface area (Å²) in [5, 5.41) is 11.1. The number of likely N-dealkylation sites (tertiary alicyclic amines) is 1.